The van der Waals surface area contributed by atoms with E-state index in [9.17, 15) is 14.7 Å². The lowest BCUT2D eigenvalue weighted by Crippen LogP contribution is -2.50. The molecule has 1 heterocycles. The van der Waals surface area contributed by atoms with Gasteiger partial charge in [0.2, 0.25) is 0 Å². The van der Waals surface area contributed by atoms with Gasteiger partial charge >= 0.3 is 12.0 Å². The van der Waals surface area contributed by atoms with Gasteiger partial charge in [-0.25, -0.2) is 9.59 Å². The van der Waals surface area contributed by atoms with Crippen molar-refractivity contribution in [2.24, 2.45) is 0 Å². The first kappa shape index (κ1) is 14.9. The topological polar surface area (TPSA) is 69.6 Å². The van der Waals surface area contributed by atoms with Gasteiger partial charge in [-0.3, -0.25) is 4.90 Å². The highest BCUT2D eigenvalue weighted by atomic mass is 16.4. The fraction of sp³-hybridized carbons (Fsp3) is 0.375. The molecule has 0 bridgehead atoms. The number of fused-ring (bicyclic) bond motifs is 1. The summed E-state index contributed by atoms with van der Waals surface area (Å²) in [6, 6.07) is 5.48. The number of nitrogens with zero attached hydrogens (tertiary/aromatic N) is 1. The molecule has 1 aromatic carbocycles. The first-order chi connectivity index (χ1) is 10.1. The number of para-hydroxylation sites is 1. The molecule has 2 N–H and O–H groups in total. The molecule has 2 amide bonds. The summed E-state index contributed by atoms with van der Waals surface area (Å²) in [6.07, 6.45) is 7.21. The third-order valence-electron chi connectivity index (χ3n) is 3.56. The van der Waals surface area contributed by atoms with E-state index in [0.29, 0.717) is 18.5 Å². The van der Waals surface area contributed by atoms with Crippen molar-refractivity contribution in [1.82, 2.24) is 5.32 Å². The minimum absolute atomic E-state index is 0.313. The average Bonchev–Trinajstić information content (AvgIpc) is 2.86. The monoisotopic (exact) mass is 286 g/mol. The van der Waals surface area contributed by atoms with Crippen molar-refractivity contribution in [2.75, 3.05) is 4.90 Å². The third kappa shape index (κ3) is 3.00. The number of hydrogen-bond donors (Lipinski definition) is 2. The predicted octanol–water partition coefficient (Wildman–Crippen LogP) is 2.01. The fourth-order valence-corrected chi connectivity index (χ4v) is 2.54. The molecule has 2 unspecified atom stereocenters. The van der Waals surface area contributed by atoms with Crippen molar-refractivity contribution in [3.8, 4) is 12.3 Å². The van der Waals surface area contributed by atoms with E-state index < -0.39 is 18.0 Å². The normalized spacial score (nSPS) is 17.7. The van der Waals surface area contributed by atoms with Crippen LogP contribution in [-0.4, -0.2) is 29.2 Å². The van der Waals surface area contributed by atoms with E-state index in [1.54, 1.807) is 12.1 Å². The van der Waals surface area contributed by atoms with E-state index >= 15 is 0 Å². The number of rotatable bonds is 4. The molecule has 2 atom stereocenters. The molecule has 21 heavy (non-hydrogen) atoms. The molecule has 2 rings (SSSR count). The number of anilines is 1. The largest absolute Gasteiger partial charge is 0.480 e. The second-order valence-electron chi connectivity index (χ2n) is 5.01. The summed E-state index contributed by atoms with van der Waals surface area (Å²) in [6.45, 7) is 1.97. The first-order valence-corrected chi connectivity index (χ1v) is 6.95. The Balaban J connectivity index is 2.24. The van der Waals surface area contributed by atoms with Gasteiger partial charge in [0, 0.05) is 12.1 Å². The molecular formula is C16H18N2O3. The Morgan fingerprint density at radius 3 is 2.86 bits per heavy atom. The number of benzene rings is 1. The average molecular weight is 286 g/mol. The van der Waals surface area contributed by atoms with Crippen molar-refractivity contribution < 1.29 is 14.7 Å². The number of carboxylic acid groups (broad SMARTS) is 1. The molecule has 1 aromatic rings. The van der Waals surface area contributed by atoms with Crippen LogP contribution >= 0.6 is 0 Å². The molecule has 0 aromatic heterocycles. The molecule has 5 nitrogen and oxygen atoms in total. The van der Waals surface area contributed by atoms with Gasteiger partial charge in [-0.1, -0.05) is 37.5 Å². The third-order valence-corrected chi connectivity index (χ3v) is 3.56. The lowest BCUT2D eigenvalue weighted by Gasteiger charge is -2.24. The van der Waals surface area contributed by atoms with Crippen molar-refractivity contribution in [1.29, 1.82) is 0 Å². The molecular weight excluding hydrogens is 268 g/mol. The highest BCUT2D eigenvalue weighted by Gasteiger charge is 2.38. The van der Waals surface area contributed by atoms with Gasteiger partial charge < -0.3 is 10.4 Å². The Bertz CT molecular complexity index is 591. The number of terminal acetylenes is 1. The second kappa shape index (κ2) is 6.31. The number of urea groups is 1. The van der Waals surface area contributed by atoms with E-state index in [-0.39, 0.29) is 6.04 Å². The summed E-state index contributed by atoms with van der Waals surface area (Å²) in [5.41, 5.74) is 1.49. The highest BCUT2D eigenvalue weighted by molar-refractivity contribution is 6.01. The van der Waals surface area contributed by atoms with Crippen LogP contribution < -0.4 is 10.2 Å². The van der Waals surface area contributed by atoms with Crippen molar-refractivity contribution in [2.45, 2.75) is 38.3 Å². The number of hydrogen-bond acceptors (Lipinski definition) is 2. The van der Waals surface area contributed by atoms with E-state index in [4.69, 9.17) is 6.42 Å². The Kier molecular flexibility index (Phi) is 4.49. The Hall–Kier alpha value is -2.48. The van der Waals surface area contributed by atoms with Gasteiger partial charge in [0.05, 0.1) is 6.04 Å². The van der Waals surface area contributed by atoms with Gasteiger partial charge in [-0.2, -0.15) is 0 Å². The predicted molar refractivity (Wildman–Crippen MR) is 80.1 cm³/mol. The van der Waals surface area contributed by atoms with Crippen LogP contribution in [0.1, 0.15) is 25.3 Å². The summed E-state index contributed by atoms with van der Waals surface area (Å²) < 4.78 is 0. The molecule has 0 saturated carbocycles. The summed E-state index contributed by atoms with van der Waals surface area (Å²) in [5, 5.41) is 12.1. The minimum atomic E-state index is -1.02. The maximum absolute atomic E-state index is 12.4. The van der Waals surface area contributed by atoms with Gasteiger partial charge in [-0.15, -0.1) is 6.42 Å². The van der Waals surface area contributed by atoms with Crippen LogP contribution in [0.5, 0.6) is 0 Å². The number of nitrogens with one attached hydrogen (secondary N) is 1. The molecule has 0 spiro atoms. The molecule has 5 heteroatoms. The van der Waals surface area contributed by atoms with Crippen molar-refractivity contribution >= 4 is 17.7 Å². The second-order valence-corrected chi connectivity index (χ2v) is 5.01. The van der Waals surface area contributed by atoms with Crippen LogP contribution in [0.15, 0.2) is 24.3 Å². The maximum Gasteiger partial charge on any atom is 0.327 e. The zero-order valence-electron chi connectivity index (χ0n) is 11.9. The zero-order valence-corrected chi connectivity index (χ0v) is 11.9. The number of amides is 2. The van der Waals surface area contributed by atoms with E-state index in [2.05, 4.69) is 11.2 Å². The minimum Gasteiger partial charge on any atom is -0.480 e. The van der Waals surface area contributed by atoms with Gasteiger partial charge in [0.25, 0.3) is 0 Å². The fourth-order valence-electron chi connectivity index (χ4n) is 2.54. The van der Waals surface area contributed by atoms with Gasteiger partial charge in [0.15, 0.2) is 0 Å². The standard InChI is InChI=1S/C16H18N2O3/c1-3-7-12(4-2)17-16(21)18-13-9-6-5-8-11(13)10-14(18)15(19)20/h2,5-6,8-9,12,14H,3,7,10H2,1H3,(H,17,21)(H,19,20). The highest BCUT2D eigenvalue weighted by Crippen LogP contribution is 2.32. The lowest BCUT2D eigenvalue weighted by molar-refractivity contribution is -0.138. The molecule has 110 valence electrons. The summed E-state index contributed by atoms with van der Waals surface area (Å²) >= 11 is 0. The van der Waals surface area contributed by atoms with Crippen molar-refractivity contribution in [3.63, 3.8) is 0 Å². The molecule has 0 fully saturated rings. The Morgan fingerprint density at radius 1 is 1.52 bits per heavy atom. The van der Waals surface area contributed by atoms with Crippen LogP contribution in [0.25, 0.3) is 0 Å². The molecule has 1 aliphatic rings. The maximum atomic E-state index is 12.4. The quantitative estimate of drug-likeness (QED) is 0.832. The number of carbonyl (C=O) groups is 2. The van der Waals surface area contributed by atoms with Crippen LogP contribution in [0, 0.1) is 12.3 Å². The summed E-state index contributed by atoms with van der Waals surface area (Å²) in [7, 11) is 0. The summed E-state index contributed by atoms with van der Waals surface area (Å²) in [4.78, 5) is 25.1. The van der Waals surface area contributed by atoms with Gasteiger partial charge in [0.1, 0.15) is 6.04 Å². The molecule has 0 aliphatic carbocycles. The first-order valence-electron chi connectivity index (χ1n) is 6.95. The zero-order chi connectivity index (χ0) is 15.4. The SMILES string of the molecule is C#CC(CCC)NC(=O)N1c2ccccc2CC1C(=O)O. The molecule has 0 radical (unpaired) electrons. The van der Waals surface area contributed by atoms with E-state index in [1.807, 2.05) is 19.1 Å². The Labute approximate surface area is 124 Å². The summed E-state index contributed by atoms with van der Waals surface area (Å²) in [5.74, 6) is 1.50. The van der Waals surface area contributed by atoms with Crippen LogP contribution in [0.2, 0.25) is 0 Å². The van der Waals surface area contributed by atoms with E-state index in [0.717, 1.165) is 12.0 Å². The smallest absolute Gasteiger partial charge is 0.327 e. The van der Waals surface area contributed by atoms with Crippen molar-refractivity contribution in [3.05, 3.63) is 29.8 Å². The number of carbonyl (C=O) groups excluding carboxylic acids is 1. The van der Waals surface area contributed by atoms with Crippen LogP contribution in [0.3, 0.4) is 0 Å². The number of aliphatic carboxylic acids is 1. The lowest BCUT2D eigenvalue weighted by atomic mass is 10.1. The van der Waals surface area contributed by atoms with E-state index in [1.165, 1.54) is 4.90 Å². The number of carboxylic acids is 1. The molecule has 0 saturated heterocycles. The molecule has 1 aliphatic heterocycles. The van der Waals surface area contributed by atoms with Crippen LogP contribution in [-0.2, 0) is 11.2 Å². The Morgan fingerprint density at radius 2 is 2.24 bits per heavy atom. The van der Waals surface area contributed by atoms with Crippen LogP contribution in [0.4, 0.5) is 10.5 Å². The van der Waals surface area contributed by atoms with Gasteiger partial charge in [-0.05, 0) is 18.1 Å².